The lowest BCUT2D eigenvalue weighted by atomic mass is 10.1. The average molecular weight is 331 g/mol. The van der Waals surface area contributed by atoms with Crippen molar-refractivity contribution < 1.29 is 13.2 Å². The number of carbonyl (C=O) groups is 1. The Morgan fingerprint density at radius 3 is 2.35 bits per heavy atom. The molecule has 1 atom stereocenters. The van der Waals surface area contributed by atoms with Gasteiger partial charge in [-0.25, -0.2) is 8.42 Å². The van der Waals surface area contributed by atoms with E-state index < -0.39 is 9.84 Å². The highest BCUT2D eigenvalue weighted by Gasteiger charge is 2.19. The first kappa shape index (κ1) is 17.2. The predicted octanol–water partition coefficient (Wildman–Crippen LogP) is 3.06. The van der Waals surface area contributed by atoms with Crippen LogP contribution < -0.4 is 0 Å². The number of amides is 1. The summed E-state index contributed by atoms with van der Waals surface area (Å²) in [5.41, 5.74) is 2.17. The van der Waals surface area contributed by atoms with Crippen LogP contribution in [0.4, 0.5) is 0 Å². The van der Waals surface area contributed by atoms with Crippen molar-refractivity contribution in [2.45, 2.75) is 18.7 Å². The number of nitrogens with zero attached hydrogens (tertiary/aromatic N) is 1. The highest BCUT2D eigenvalue weighted by molar-refractivity contribution is 7.89. The van der Waals surface area contributed by atoms with Gasteiger partial charge >= 0.3 is 0 Å². The third-order valence-electron chi connectivity index (χ3n) is 3.79. The summed E-state index contributed by atoms with van der Waals surface area (Å²) in [7, 11) is -1.37. The van der Waals surface area contributed by atoms with Crippen molar-refractivity contribution in [2.75, 3.05) is 13.3 Å². The summed E-state index contributed by atoms with van der Waals surface area (Å²) in [4.78, 5) is 14.3. The highest BCUT2D eigenvalue weighted by atomic mass is 32.2. The molecule has 0 aliphatic carbocycles. The molecule has 0 bridgehead atoms. The van der Waals surface area contributed by atoms with Gasteiger partial charge in [0.2, 0.25) is 0 Å². The number of rotatable bonds is 5. The lowest BCUT2D eigenvalue weighted by molar-refractivity contribution is 0.0742. The van der Waals surface area contributed by atoms with Gasteiger partial charge in [-0.1, -0.05) is 42.5 Å². The van der Waals surface area contributed by atoms with Gasteiger partial charge in [-0.05, 0) is 30.2 Å². The molecule has 0 N–H and O–H groups in total. The summed E-state index contributed by atoms with van der Waals surface area (Å²) >= 11 is 0. The fourth-order valence-corrected chi connectivity index (χ4v) is 3.22. The van der Waals surface area contributed by atoms with Crippen LogP contribution in [0.5, 0.6) is 0 Å². The normalized spacial score (nSPS) is 12.7. The van der Waals surface area contributed by atoms with Crippen molar-refractivity contribution in [1.82, 2.24) is 4.90 Å². The summed E-state index contributed by atoms with van der Waals surface area (Å²) in [6.45, 7) is 1.97. The minimum Gasteiger partial charge on any atom is -0.335 e. The van der Waals surface area contributed by atoms with Crippen molar-refractivity contribution in [3.05, 3.63) is 71.3 Å². The Bertz CT molecular complexity index is 785. The van der Waals surface area contributed by atoms with E-state index in [-0.39, 0.29) is 17.7 Å². The first-order valence-corrected chi connectivity index (χ1v) is 9.43. The standard InChI is InChI=1S/C18H21NO3S/c1-14(16-9-5-4-6-10-16)19(2)18(20)17-11-7-8-15(12-17)13-23(3,21)22/h4-12,14H,13H2,1-3H3. The minimum absolute atomic E-state index is 0.0634. The van der Waals surface area contributed by atoms with E-state index in [1.54, 1.807) is 36.2 Å². The molecule has 2 aromatic rings. The maximum absolute atomic E-state index is 12.7. The molecule has 2 aromatic carbocycles. The summed E-state index contributed by atoms with van der Waals surface area (Å²) < 4.78 is 22.8. The van der Waals surface area contributed by atoms with Gasteiger partial charge in [-0.3, -0.25) is 4.79 Å². The lowest BCUT2D eigenvalue weighted by Gasteiger charge is -2.25. The molecule has 0 saturated carbocycles. The Hall–Kier alpha value is -2.14. The van der Waals surface area contributed by atoms with Crippen LogP contribution in [0.15, 0.2) is 54.6 Å². The predicted molar refractivity (Wildman–Crippen MR) is 91.9 cm³/mol. The molecule has 0 radical (unpaired) electrons. The molecule has 2 rings (SSSR count). The zero-order chi connectivity index (χ0) is 17.0. The SMILES string of the molecule is CC(c1ccccc1)N(C)C(=O)c1cccc(CS(C)(=O)=O)c1. The molecular formula is C18H21NO3S. The molecule has 0 spiro atoms. The molecular weight excluding hydrogens is 310 g/mol. The van der Waals surface area contributed by atoms with Crippen LogP contribution in [0, 0.1) is 0 Å². The fourth-order valence-electron chi connectivity index (χ4n) is 2.43. The summed E-state index contributed by atoms with van der Waals surface area (Å²) in [5.74, 6) is -0.191. The fraction of sp³-hybridized carbons (Fsp3) is 0.278. The number of hydrogen-bond acceptors (Lipinski definition) is 3. The number of carbonyl (C=O) groups excluding carboxylic acids is 1. The monoisotopic (exact) mass is 331 g/mol. The Balaban J connectivity index is 2.21. The molecule has 0 heterocycles. The summed E-state index contributed by atoms with van der Waals surface area (Å²) in [5, 5.41) is 0. The number of sulfone groups is 1. The Labute approximate surface area is 137 Å². The second-order valence-electron chi connectivity index (χ2n) is 5.77. The van der Waals surface area contributed by atoms with Gasteiger partial charge < -0.3 is 4.90 Å². The van der Waals surface area contributed by atoms with Crippen molar-refractivity contribution >= 4 is 15.7 Å². The first-order chi connectivity index (χ1) is 10.8. The van der Waals surface area contributed by atoms with E-state index >= 15 is 0 Å². The molecule has 1 unspecified atom stereocenters. The smallest absolute Gasteiger partial charge is 0.254 e. The number of benzene rings is 2. The zero-order valence-electron chi connectivity index (χ0n) is 13.6. The molecule has 0 aliphatic rings. The molecule has 23 heavy (non-hydrogen) atoms. The summed E-state index contributed by atoms with van der Waals surface area (Å²) in [6, 6.07) is 16.5. The van der Waals surface area contributed by atoms with Crippen molar-refractivity contribution in [2.24, 2.45) is 0 Å². The molecule has 0 aromatic heterocycles. The van der Waals surface area contributed by atoms with Gasteiger partial charge in [0.25, 0.3) is 5.91 Å². The van der Waals surface area contributed by atoms with E-state index in [4.69, 9.17) is 0 Å². The quantitative estimate of drug-likeness (QED) is 0.846. The molecule has 0 aliphatic heterocycles. The van der Waals surface area contributed by atoms with Gasteiger partial charge in [-0.15, -0.1) is 0 Å². The Morgan fingerprint density at radius 2 is 1.74 bits per heavy atom. The van der Waals surface area contributed by atoms with Crippen LogP contribution in [0.25, 0.3) is 0 Å². The molecule has 1 amide bonds. The van der Waals surface area contributed by atoms with Crippen LogP contribution in [-0.4, -0.2) is 32.5 Å². The van der Waals surface area contributed by atoms with E-state index in [0.717, 1.165) is 5.56 Å². The van der Waals surface area contributed by atoms with Crippen LogP contribution in [0.3, 0.4) is 0 Å². The van der Waals surface area contributed by atoms with Crippen LogP contribution >= 0.6 is 0 Å². The van der Waals surface area contributed by atoms with Gasteiger partial charge in [0.1, 0.15) is 0 Å². The maximum atomic E-state index is 12.7. The molecule has 5 heteroatoms. The molecule has 0 fully saturated rings. The minimum atomic E-state index is -3.12. The van der Waals surface area contributed by atoms with E-state index in [9.17, 15) is 13.2 Å². The molecule has 4 nitrogen and oxygen atoms in total. The third-order valence-corrected chi connectivity index (χ3v) is 4.64. The van der Waals surface area contributed by atoms with E-state index in [1.807, 2.05) is 37.3 Å². The number of hydrogen-bond donors (Lipinski definition) is 0. The molecule has 122 valence electrons. The van der Waals surface area contributed by atoms with Gasteiger partial charge in [0.05, 0.1) is 11.8 Å². The second-order valence-corrected chi connectivity index (χ2v) is 7.91. The third kappa shape index (κ3) is 4.66. The van der Waals surface area contributed by atoms with Crippen LogP contribution in [-0.2, 0) is 15.6 Å². The van der Waals surface area contributed by atoms with Crippen LogP contribution in [0.2, 0.25) is 0 Å². The van der Waals surface area contributed by atoms with Gasteiger partial charge in [0.15, 0.2) is 9.84 Å². The second kappa shape index (κ2) is 6.96. The summed E-state index contributed by atoms with van der Waals surface area (Å²) in [6.07, 6.45) is 1.19. The largest absolute Gasteiger partial charge is 0.335 e. The van der Waals surface area contributed by atoms with Gasteiger partial charge in [-0.2, -0.15) is 0 Å². The zero-order valence-corrected chi connectivity index (χ0v) is 14.4. The van der Waals surface area contributed by atoms with Crippen molar-refractivity contribution in [3.63, 3.8) is 0 Å². The maximum Gasteiger partial charge on any atom is 0.254 e. The van der Waals surface area contributed by atoms with Crippen molar-refractivity contribution in [3.8, 4) is 0 Å². The lowest BCUT2D eigenvalue weighted by Crippen LogP contribution is -2.29. The Kier molecular flexibility index (Phi) is 5.21. The highest BCUT2D eigenvalue weighted by Crippen LogP contribution is 2.21. The van der Waals surface area contributed by atoms with Gasteiger partial charge in [0, 0.05) is 18.9 Å². The average Bonchev–Trinajstić information content (AvgIpc) is 2.52. The van der Waals surface area contributed by atoms with E-state index in [1.165, 1.54) is 6.26 Å². The first-order valence-electron chi connectivity index (χ1n) is 7.37. The topological polar surface area (TPSA) is 54.5 Å². The Morgan fingerprint density at radius 1 is 1.09 bits per heavy atom. The van der Waals surface area contributed by atoms with E-state index in [2.05, 4.69) is 0 Å². The van der Waals surface area contributed by atoms with E-state index in [0.29, 0.717) is 11.1 Å². The molecule has 0 saturated heterocycles. The van der Waals surface area contributed by atoms with Crippen molar-refractivity contribution in [1.29, 1.82) is 0 Å². The van der Waals surface area contributed by atoms with Crippen LogP contribution in [0.1, 0.15) is 34.5 Å².